The second-order valence-electron chi connectivity index (χ2n) is 3.98. The topological polar surface area (TPSA) is 21.3 Å². The Balaban J connectivity index is 2.40. The van der Waals surface area contributed by atoms with Crippen molar-refractivity contribution < 1.29 is 4.74 Å². The first-order chi connectivity index (χ1) is 8.38. The summed E-state index contributed by atoms with van der Waals surface area (Å²) in [6, 6.07) is 8.29. The lowest BCUT2D eigenvalue weighted by Crippen LogP contribution is -2.14. The molecule has 1 aromatic carbocycles. The maximum atomic E-state index is 5.82. The van der Waals surface area contributed by atoms with Gasteiger partial charge in [-0.05, 0) is 37.5 Å². The van der Waals surface area contributed by atoms with Gasteiger partial charge < -0.3 is 10.1 Å². The van der Waals surface area contributed by atoms with E-state index in [9.17, 15) is 0 Å². The third-order valence-corrected chi connectivity index (χ3v) is 3.16. The van der Waals surface area contributed by atoms with Crippen LogP contribution in [0, 0.1) is 0 Å². The average molecular weight is 253 g/mol. The maximum Gasteiger partial charge on any atom is 0.123 e. The minimum atomic E-state index is 0.811. The summed E-state index contributed by atoms with van der Waals surface area (Å²) in [5.41, 5.74) is 1.25. The summed E-state index contributed by atoms with van der Waals surface area (Å²) in [6.45, 7) is 4.94. The molecule has 0 aliphatic heterocycles. The van der Waals surface area contributed by atoms with Gasteiger partial charge in [0.05, 0.1) is 6.61 Å². The van der Waals surface area contributed by atoms with Gasteiger partial charge in [0.25, 0.3) is 0 Å². The van der Waals surface area contributed by atoms with Crippen LogP contribution >= 0.6 is 11.8 Å². The van der Waals surface area contributed by atoms with Crippen molar-refractivity contribution >= 4 is 11.8 Å². The lowest BCUT2D eigenvalue weighted by molar-refractivity contribution is 0.314. The fourth-order valence-electron chi connectivity index (χ4n) is 1.58. The molecular formula is C14H23NOS. The van der Waals surface area contributed by atoms with Crippen LogP contribution in [0.15, 0.2) is 24.3 Å². The predicted molar refractivity (Wildman–Crippen MR) is 76.9 cm³/mol. The summed E-state index contributed by atoms with van der Waals surface area (Å²) in [5.74, 6) is 2.19. The highest BCUT2D eigenvalue weighted by Gasteiger charge is 2.01. The van der Waals surface area contributed by atoms with Gasteiger partial charge in [-0.1, -0.05) is 25.1 Å². The highest BCUT2D eigenvalue weighted by atomic mass is 32.2. The van der Waals surface area contributed by atoms with Crippen molar-refractivity contribution in [2.75, 3.05) is 25.2 Å². The molecule has 0 bridgehead atoms. The standard InChI is InChI=1S/C14H23NOS/c1-3-9-15-12-13-7-4-5-8-14(13)16-10-6-11-17-2/h4-5,7-8,15H,3,6,9-12H2,1-2H3. The van der Waals surface area contributed by atoms with Crippen molar-refractivity contribution in [3.8, 4) is 5.75 Å². The zero-order chi connectivity index (χ0) is 12.3. The van der Waals surface area contributed by atoms with Gasteiger partial charge in [0.15, 0.2) is 0 Å². The van der Waals surface area contributed by atoms with Gasteiger partial charge in [-0.3, -0.25) is 0 Å². The first kappa shape index (κ1) is 14.4. The summed E-state index contributed by atoms with van der Waals surface area (Å²) < 4.78 is 5.82. The number of hydrogen-bond donors (Lipinski definition) is 1. The fraction of sp³-hybridized carbons (Fsp3) is 0.571. The van der Waals surface area contributed by atoms with E-state index in [1.54, 1.807) is 0 Å². The third-order valence-electron chi connectivity index (χ3n) is 2.47. The number of rotatable bonds is 9. The van der Waals surface area contributed by atoms with Crippen LogP contribution in [0.5, 0.6) is 5.75 Å². The SMILES string of the molecule is CCCNCc1ccccc1OCCCSC. The van der Waals surface area contributed by atoms with E-state index in [4.69, 9.17) is 4.74 Å². The molecule has 0 fully saturated rings. The Morgan fingerprint density at radius 1 is 1.29 bits per heavy atom. The lowest BCUT2D eigenvalue weighted by atomic mass is 10.2. The minimum absolute atomic E-state index is 0.811. The molecule has 0 aromatic heterocycles. The van der Waals surface area contributed by atoms with Crippen molar-refractivity contribution in [1.82, 2.24) is 5.32 Å². The molecule has 1 aromatic rings. The van der Waals surface area contributed by atoms with Crippen LogP contribution in [0.1, 0.15) is 25.3 Å². The number of thioether (sulfide) groups is 1. The van der Waals surface area contributed by atoms with Crippen LogP contribution in [0.3, 0.4) is 0 Å². The molecule has 0 aliphatic carbocycles. The van der Waals surface area contributed by atoms with Crippen molar-refractivity contribution in [2.24, 2.45) is 0 Å². The Hall–Kier alpha value is -0.670. The van der Waals surface area contributed by atoms with Gasteiger partial charge >= 0.3 is 0 Å². The third kappa shape index (κ3) is 5.99. The number of ether oxygens (including phenoxy) is 1. The van der Waals surface area contributed by atoms with Crippen molar-refractivity contribution in [1.29, 1.82) is 0 Å². The lowest BCUT2D eigenvalue weighted by Gasteiger charge is -2.11. The van der Waals surface area contributed by atoms with Crippen molar-refractivity contribution in [3.63, 3.8) is 0 Å². The highest BCUT2D eigenvalue weighted by molar-refractivity contribution is 7.98. The molecule has 17 heavy (non-hydrogen) atoms. The van der Waals surface area contributed by atoms with Crippen LogP contribution in [0.4, 0.5) is 0 Å². The molecule has 96 valence electrons. The molecule has 0 unspecified atom stereocenters. The molecule has 0 spiro atoms. The van der Waals surface area contributed by atoms with Gasteiger partial charge in [0, 0.05) is 12.1 Å². The number of para-hydroxylation sites is 1. The van der Waals surface area contributed by atoms with Crippen LogP contribution in [0.25, 0.3) is 0 Å². The highest BCUT2D eigenvalue weighted by Crippen LogP contribution is 2.18. The number of benzene rings is 1. The van der Waals surface area contributed by atoms with E-state index in [1.165, 1.54) is 5.56 Å². The molecule has 0 amide bonds. The van der Waals surface area contributed by atoms with Gasteiger partial charge in [-0.2, -0.15) is 11.8 Å². The van der Waals surface area contributed by atoms with Gasteiger partial charge in [0.2, 0.25) is 0 Å². The van der Waals surface area contributed by atoms with E-state index in [0.29, 0.717) is 0 Å². The fourth-order valence-corrected chi connectivity index (χ4v) is 1.98. The van der Waals surface area contributed by atoms with Gasteiger partial charge in [-0.15, -0.1) is 0 Å². The van der Waals surface area contributed by atoms with Crippen LogP contribution in [-0.2, 0) is 6.54 Å². The molecule has 2 nitrogen and oxygen atoms in total. The Bertz CT molecular complexity index is 304. The smallest absolute Gasteiger partial charge is 0.123 e. The van der Waals surface area contributed by atoms with Gasteiger partial charge in [-0.25, -0.2) is 0 Å². The first-order valence-electron chi connectivity index (χ1n) is 6.28. The van der Waals surface area contributed by atoms with Crippen molar-refractivity contribution in [2.45, 2.75) is 26.3 Å². The zero-order valence-corrected chi connectivity index (χ0v) is 11.7. The summed E-state index contributed by atoms with van der Waals surface area (Å²) in [4.78, 5) is 0. The summed E-state index contributed by atoms with van der Waals surface area (Å²) >= 11 is 1.87. The quantitative estimate of drug-likeness (QED) is 0.682. The summed E-state index contributed by atoms with van der Waals surface area (Å²) in [6.07, 6.45) is 4.40. The molecular weight excluding hydrogens is 230 g/mol. The van der Waals surface area contributed by atoms with E-state index in [0.717, 1.165) is 44.0 Å². The minimum Gasteiger partial charge on any atom is -0.493 e. The van der Waals surface area contributed by atoms with Crippen molar-refractivity contribution in [3.05, 3.63) is 29.8 Å². The van der Waals surface area contributed by atoms with Crippen LogP contribution < -0.4 is 10.1 Å². The largest absolute Gasteiger partial charge is 0.493 e. The average Bonchev–Trinajstić information content (AvgIpc) is 2.36. The monoisotopic (exact) mass is 253 g/mol. The molecule has 1 N–H and O–H groups in total. The second kappa shape index (κ2) is 9.37. The molecule has 0 aliphatic rings. The van der Waals surface area contributed by atoms with Crippen LogP contribution in [-0.4, -0.2) is 25.2 Å². The summed E-state index contributed by atoms with van der Waals surface area (Å²) in [7, 11) is 0. The van der Waals surface area contributed by atoms with E-state index in [2.05, 4.69) is 36.7 Å². The molecule has 0 saturated heterocycles. The number of hydrogen-bond acceptors (Lipinski definition) is 3. The number of nitrogens with one attached hydrogen (secondary N) is 1. The Kier molecular flexibility index (Phi) is 7.93. The van der Waals surface area contributed by atoms with Crippen LogP contribution in [0.2, 0.25) is 0 Å². The zero-order valence-electron chi connectivity index (χ0n) is 10.9. The van der Waals surface area contributed by atoms with E-state index < -0.39 is 0 Å². The van der Waals surface area contributed by atoms with E-state index in [1.807, 2.05) is 17.8 Å². The Morgan fingerprint density at radius 2 is 2.12 bits per heavy atom. The maximum absolute atomic E-state index is 5.82. The second-order valence-corrected chi connectivity index (χ2v) is 4.96. The Labute approximate surface area is 109 Å². The van der Waals surface area contributed by atoms with E-state index >= 15 is 0 Å². The first-order valence-corrected chi connectivity index (χ1v) is 7.68. The molecule has 0 atom stereocenters. The molecule has 0 saturated carbocycles. The summed E-state index contributed by atoms with van der Waals surface area (Å²) in [5, 5.41) is 3.41. The molecule has 1 rings (SSSR count). The predicted octanol–water partition coefficient (Wildman–Crippen LogP) is 3.32. The Morgan fingerprint density at radius 3 is 2.88 bits per heavy atom. The molecule has 0 heterocycles. The normalized spacial score (nSPS) is 10.5. The van der Waals surface area contributed by atoms with E-state index in [-0.39, 0.29) is 0 Å². The molecule has 3 heteroatoms. The van der Waals surface area contributed by atoms with Gasteiger partial charge in [0.1, 0.15) is 5.75 Å². The molecule has 0 radical (unpaired) electrons.